The third-order valence-electron chi connectivity index (χ3n) is 3.69. The largest absolute Gasteiger partial charge is 0.353 e. The molecule has 0 radical (unpaired) electrons. The van der Waals surface area contributed by atoms with Gasteiger partial charge in [0, 0.05) is 17.0 Å². The van der Waals surface area contributed by atoms with Crippen LogP contribution in [0.15, 0.2) is 29.6 Å². The van der Waals surface area contributed by atoms with E-state index in [1.165, 1.54) is 36.3 Å². The maximum atomic E-state index is 13.2. The van der Waals surface area contributed by atoms with E-state index in [4.69, 9.17) is 0 Å². The molecule has 0 atom stereocenters. The smallest absolute Gasteiger partial charge is 0.226 e. The lowest BCUT2D eigenvalue weighted by Crippen LogP contribution is -2.33. The quantitative estimate of drug-likeness (QED) is 0.938. The van der Waals surface area contributed by atoms with Crippen molar-refractivity contribution in [2.75, 3.05) is 0 Å². The molecular formula is C16H17FN2OS. The molecule has 0 spiro atoms. The third kappa shape index (κ3) is 3.67. The normalized spacial score (nSPS) is 15.3. The van der Waals surface area contributed by atoms with Crippen molar-refractivity contribution in [3.8, 4) is 10.6 Å². The van der Waals surface area contributed by atoms with Crippen molar-refractivity contribution in [2.24, 2.45) is 0 Å². The zero-order valence-electron chi connectivity index (χ0n) is 11.6. The van der Waals surface area contributed by atoms with Gasteiger partial charge >= 0.3 is 0 Å². The van der Waals surface area contributed by atoms with E-state index >= 15 is 0 Å². The SMILES string of the molecule is O=C(Cc1csc(-c2cccc(F)c2)n1)NC1CCCC1. The fourth-order valence-corrected chi connectivity index (χ4v) is 3.47. The first-order valence-corrected chi connectivity index (χ1v) is 8.08. The predicted molar refractivity (Wildman–Crippen MR) is 81.6 cm³/mol. The van der Waals surface area contributed by atoms with Crippen molar-refractivity contribution in [2.45, 2.75) is 38.1 Å². The van der Waals surface area contributed by atoms with Gasteiger partial charge in [0.1, 0.15) is 10.8 Å². The van der Waals surface area contributed by atoms with Crippen LogP contribution in [0, 0.1) is 5.82 Å². The molecule has 1 saturated carbocycles. The highest BCUT2D eigenvalue weighted by molar-refractivity contribution is 7.13. The van der Waals surface area contributed by atoms with Crippen molar-refractivity contribution in [3.63, 3.8) is 0 Å². The van der Waals surface area contributed by atoms with Crippen molar-refractivity contribution in [3.05, 3.63) is 41.2 Å². The third-order valence-corrected chi connectivity index (χ3v) is 4.63. The first-order chi connectivity index (χ1) is 10.2. The van der Waals surface area contributed by atoms with Crippen molar-refractivity contribution >= 4 is 17.2 Å². The van der Waals surface area contributed by atoms with E-state index in [-0.39, 0.29) is 11.7 Å². The van der Waals surface area contributed by atoms with E-state index in [1.54, 1.807) is 6.07 Å². The van der Waals surface area contributed by atoms with E-state index in [0.29, 0.717) is 12.5 Å². The Labute approximate surface area is 127 Å². The Bertz CT molecular complexity index is 635. The summed E-state index contributed by atoms with van der Waals surface area (Å²) >= 11 is 1.44. The number of carbonyl (C=O) groups excluding carboxylic acids is 1. The van der Waals surface area contributed by atoms with E-state index in [9.17, 15) is 9.18 Å². The first kappa shape index (κ1) is 14.2. The van der Waals surface area contributed by atoms with Crippen LogP contribution in [-0.4, -0.2) is 16.9 Å². The molecule has 0 saturated heterocycles. The average Bonchev–Trinajstić information content (AvgIpc) is 3.10. The van der Waals surface area contributed by atoms with Gasteiger partial charge in [-0.3, -0.25) is 4.79 Å². The summed E-state index contributed by atoms with van der Waals surface area (Å²) in [5.74, 6) is -0.249. The Kier molecular flexibility index (Phi) is 4.29. The lowest BCUT2D eigenvalue weighted by atomic mass is 10.2. The minimum atomic E-state index is -0.275. The number of halogens is 1. The van der Waals surface area contributed by atoms with E-state index in [0.717, 1.165) is 29.1 Å². The summed E-state index contributed by atoms with van der Waals surface area (Å²) < 4.78 is 13.2. The molecule has 3 rings (SSSR count). The Balaban J connectivity index is 1.63. The number of amides is 1. The summed E-state index contributed by atoms with van der Waals surface area (Å²) in [5, 5.41) is 5.67. The molecule has 1 aromatic carbocycles. The van der Waals surface area contributed by atoms with Gasteiger partial charge in [0.15, 0.2) is 0 Å². The van der Waals surface area contributed by atoms with Crippen molar-refractivity contribution in [1.82, 2.24) is 10.3 Å². The summed E-state index contributed by atoms with van der Waals surface area (Å²) in [4.78, 5) is 16.4. The predicted octanol–water partition coefficient (Wildman–Crippen LogP) is 3.55. The van der Waals surface area contributed by atoms with Crippen molar-refractivity contribution in [1.29, 1.82) is 0 Å². The standard InChI is InChI=1S/C16H17FN2OS/c17-12-5-3-4-11(8-12)16-19-14(10-21-16)9-15(20)18-13-6-1-2-7-13/h3-5,8,10,13H,1-2,6-7,9H2,(H,18,20). The van der Waals surface area contributed by atoms with Gasteiger partial charge in [0.2, 0.25) is 5.91 Å². The van der Waals surface area contributed by atoms with Gasteiger partial charge in [-0.1, -0.05) is 25.0 Å². The topological polar surface area (TPSA) is 42.0 Å². The molecule has 1 N–H and O–H groups in total. The number of aromatic nitrogens is 1. The molecule has 1 aliphatic carbocycles. The van der Waals surface area contributed by atoms with Crippen LogP contribution < -0.4 is 5.32 Å². The molecule has 110 valence electrons. The highest BCUT2D eigenvalue weighted by Crippen LogP contribution is 2.24. The lowest BCUT2D eigenvalue weighted by Gasteiger charge is -2.10. The summed E-state index contributed by atoms with van der Waals surface area (Å²) in [6.07, 6.45) is 4.85. The van der Waals surface area contributed by atoms with Gasteiger partial charge in [0.05, 0.1) is 12.1 Å². The molecule has 21 heavy (non-hydrogen) atoms. The Hall–Kier alpha value is -1.75. The summed E-state index contributed by atoms with van der Waals surface area (Å²) in [6.45, 7) is 0. The van der Waals surface area contributed by atoms with Gasteiger partial charge in [0.25, 0.3) is 0 Å². The zero-order chi connectivity index (χ0) is 14.7. The minimum Gasteiger partial charge on any atom is -0.353 e. The van der Waals surface area contributed by atoms with Crippen LogP contribution in [0.2, 0.25) is 0 Å². The number of thiazole rings is 1. The molecule has 2 aromatic rings. The summed E-state index contributed by atoms with van der Waals surface area (Å²) in [5.41, 5.74) is 1.50. The lowest BCUT2D eigenvalue weighted by molar-refractivity contribution is -0.121. The van der Waals surface area contributed by atoms with Gasteiger partial charge in [-0.25, -0.2) is 9.37 Å². The molecule has 3 nitrogen and oxygen atoms in total. The number of benzene rings is 1. The second-order valence-corrected chi connectivity index (χ2v) is 6.24. The second kappa shape index (κ2) is 6.35. The molecule has 0 aliphatic heterocycles. The van der Waals surface area contributed by atoms with Gasteiger partial charge in [-0.05, 0) is 25.0 Å². The number of nitrogens with one attached hydrogen (secondary N) is 1. The number of rotatable bonds is 4. The average molecular weight is 304 g/mol. The molecule has 5 heteroatoms. The van der Waals surface area contributed by atoms with E-state index in [1.807, 2.05) is 11.4 Å². The fourth-order valence-electron chi connectivity index (χ4n) is 2.66. The molecule has 1 heterocycles. The summed E-state index contributed by atoms with van der Waals surface area (Å²) in [6, 6.07) is 6.69. The van der Waals surface area contributed by atoms with Gasteiger partial charge in [-0.15, -0.1) is 11.3 Å². The van der Waals surface area contributed by atoms with Crippen LogP contribution in [0.4, 0.5) is 4.39 Å². The maximum absolute atomic E-state index is 13.2. The summed E-state index contributed by atoms with van der Waals surface area (Å²) in [7, 11) is 0. The van der Waals surface area contributed by atoms with Crippen LogP contribution in [0.25, 0.3) is 10.6 Å². The Morgan fingerprint density at radius 2 is 2.19 bits per heavy atom. The van der Waals surface area contributed by atoms with Gasteiger partial charge in [-0.2, -0.15) is 0 Å². The number of hydrogen-bond acceptors (Lipinski definition) is 3. The van der Waals surface area contributed by atoms with Crippen LogP contribution in [0.5, 0.6) is 0 Å². The minimum absolute atomic E-state index is 0.0259. The maximum Gasteiger partial charge on any atom is 0.226 e. The van der Waals surface area contributed by atoms with Gasteiger partial charge < -0.3 is 5.32 Å². The molecule has 1 aliphatic rings. The van der Waals surface area contributed by atoms with E-state index < -0.39 is 0 Å². The number of hydrogen-bond donors (Lipinski definition) is 1. The first-order valence-electron chi connectivity index (χ1n) is 7.20. The number of carbonyl (C=O) groups is 1. The monoisotopic (exact) mass is 304 g/mol. The Morgan fingerprint density at radius 1 is 1.38 bits per heavy atom. The molecule has 1 aromatic heterocycles. The van der Waals surface area contributed by atoms with E-state index in [2.05, 4.69) is 10.3 Å². The Morgan fingerprint density at radius 3 is 2.95 bits per heavy atom. The van der Waals surface area contributed by atoms with Crippen molar-refractivity contribution < 1.29 is 9.18 Å². The van der Waals surface area contributed by atoms with Crippen LogP contribution in [0.1, 0.15) is 31.4 Å². The zero-order valence-corrected chi connectivity index (χ0v) is 12.5. The van der Waals surface area contributed by atoms with Crippen LogP contribution in [0.3, 0.4) is 0 Å². The molecule has 0 bridgehead atoms. The van der Waals surface area contributed by atoms with Crippen LogP contribution in [-0.2, 0) is 11.2 Å². The molecule has 1 fully saturated rings. The molecule has 1 amide bonds. The molecule has 0 unspecified atom stereocenters. The molecular weight excluding hydrogens is 287 g/mol. The highest BCUT2D eigenvalue weighted by Gasteiger charge is 2.18. The fraction of sp³-hybridized carbons (Fsp3) is 0.375. The van der Waals surface area contributed by atoms with Crippen LogP contribution >= 0.6 is 11.3 Å². The second-order valence-electron chi connectivity index (χ2n) is 5.38. The number of nitrogens with zero attached hydrogens (tertiary/aromatic N) is 1. The highest BCUT2D eigenvalue weighted by atomic mass is 32.1.